The Morgan fingerprint density at radius 1 is 1.21 bits per heavy atom. The monoisotopic (exact) mass is 562 g/mol. The first-order chi connectivity index (χ1) is 13.0. The van der Waals surface area contributed by atoms with E-state index in [1.54, 1.807) is 22.6 Å². The van der Waals surface area contributed by atoms with Gasteiger partial charge in [-0.15, -0.1) is 0 Å². The largest absolute Gasteiger partial charge is 0.479 e. The summed E-state index contributed by atoms with van der Waals surface area (Å²) in [4.78, 5) is 12.2. The molecule has 2 rings (SSSR count). The van der Waals surface area contributed by atoms with Gasteiger partial charge in [-0.3, -0.25) is 10.1 Å². The van der Waals surface area contributed by atoms with Crippen molar-refractivity contribution in [3.05, 3.63) is 55.6 Å². The van der Waals surface area contributed by atoms with Gasteiger partial charge >= 0.3 is 6.18 Å². The summed E-state index contributed by atoms with van der Waals surface area (Å²) in [7, 11) is 0. The molecule has 2 aromatic rings. The van der Waals surface area contributed by atoms with E-state index >= 15 is 0 Å². The maximum absolute atomic E-state index is 13.2. The fourth-order valence-electron chi connectivity index (χ4n) is 2.04. The minimum absolute atomic E-state index is 0.210. The molecule has 0 aliphatic heterocycles. The molecule has 0 aliphatic carbocycles. The maximum Gasteiger partial charge on any atom is 0.418 e. The standard InChI is InChI=1S/C17H12Cl2F3IN2O2S/c1-8(27-14-5-2-9(18)6-12(14)19)15(26)25-16(28)24-13-4-3-10(23)7-11(13)17(20,21)22/h2-8H,1H3,(H2,24,25,26,28). The number of amides is 1. The van der Waals surface area contributed by atoms with Gasteiger partial charge in [-0.25, -0.2) is 0 Å². The lowest BCUT2D eigenvalue weighted by atomic mass is 10.1. The van der Waals surface area contributed by atoms with Crippen molar-refractivity contribution in [3.63, 3.8) is 0 Å². The predicted octanol–water partition coefficient (Wildman–Crippen LogP) is 5.90. The quantitative estimate of drug-likeness (QED) is 0.360. The second-order valence-corrected chi connectivity index (χ2v) is 7.96. The molecule has 2 N–H and O–H groups in total. The number of rotatable bonds is 4. The van der Waals surface area contributed by atoms with Gasteiger partial charge in [0.1, 0.15) is 5.75 Å². The Balaban J connectivity index is 2.04. The van der Waals surface area contributed by atoms with Crippen molar-refractivity contribution in [1.82, 2.24) is 5.32 Å². The number of hydrogen-bond acceptors (Lipinski definition) is 3. The number of carbonyl (C=O) groups is 1. The Kier molecular flexibility index (Phi) is 7.77. The summed E-state index contributed by atoms with van der Waals surface area (Å²) in [5.41, 5.74) is -1.17. The molecule has 0 aromatic heterocycles. The molecular formula is C17H12Cl2F3IN2O2S. The first-order valence-electron chi connectivity index (χ1n) is 7.57. The molecule has 0 aliphatic rings. The molecule has 0 saturated heterocycles. The van der Waals surface area contributed by atoms with Crippen LogP contribution in [0.4, 0.5) is 18.9 Å². The van der Waals surface area contributed by atoms with Gasteiger partial charge in [-0.2, -0.15) is 13.2 Å². The third-order valence-electron chi connectivity index (χ3n) is 3.34. The van der Waals surface area contributed by atoms with Gasteiger partial charge in [0.2, 0.25) is 0 Å². The molecular weight excluding hydrogens is 551 g/mol. The van der Waals surface area contributed by atoms with Crippen molar-refractivity contribution in [2.75, 3.05) is 5.32 Å². The Bertz CT molecular complexity index is 912. The normalized spacial score (nSPS) is 12.2. The van der Waals surface area contributed by atoms with Gasteiger partial charge in [0.25, 0.3) is 5.91 Å². The number of benzene rings is 2. The molecule has 0 radical (unpaired) electrons. The number of alkyl halides is 3. The molecule has 1 atom stereocenters. The number of hydrogen-bond donors (Lipinski definition) is 2. The highest BCUT2D eigenvalue weighted by molar-refractivity contribution is 14.1. The summed E-state index contributed by atoms with van der Waals surface area (Å²) in [6, 6.07) is 8.17. The van der Waals surface area contributed by atoms with Crippen molar-refractivity contribution in [2.24, 2.45) is 0 Å². The van der Waals surface area contributed by atoms with Crippen LogP contribution in [-0.4, -0.2) is 17.1 Å². The van der Waals surface area contributed by atoms with Crippen LogP contribution >= 0.6 is 58.0 Å². The topological polar surface area (TPSA) is 50.4 Å². The molecule has 0 bridgehead atoms. The van der Waals surface area contributed by atoms with Crippen molar-refractivity contribution < 1.29 is 22.7 Å². The number of anilines is 1. The average Bonchev–Trinajstić information content (AvgIpc) is 2.57. The fourth-order valence-corrected chi connectivity index (χ4v) is 3.20. The van der Waals surface area contributed by atoms with E-state index in [0.29, 0.717) is 8.59 Å². The molecule has 2 aromatic carbocycles. The number of ether oxygens (including phenoxy) is 1. The van der Waals surface area contributed by atoms with E-state index in [4.69, 9.17) is 40.2 Å². The second kappa shape index (κ2) is 9.47. The Hall–Kier alpha value is -1.30. The van der Waals surface area contributed by atoms with Gasteiger partial charge in [-0.1, -0.05) is 23.2 Å². The molecule has 150 valence electrons. The lowest BCUT2D eigenvalue weighted by Crippen LogP contribution is -2.42. The van der Waals surface area contributed by atoms with Gasteiger partial charge in [0, 0.05) is 8.59 Å². The van der Waals surface area contributed by atoms with Crippen LogP contribution in [0.5, 0.6) is 5.75 Å². The highest BCUT2D eigenvalue weighted by atomic mass is 127. The van der Waals surface area contributed by atoms with Crippen molar-refractivity contribution >= 4 is 74.7 Å². The molecule has 28 heavy (non-hydrogen) atoms. The summed E-state index contributed by atoms with van der Waals surface area (Å²) in [6.07, 6.45) is -5.59. The summed E-state index contributed by atoms with van der Waals surface area (Å²) < 4.78 is 45.3. The number of nitrogens with one attached hydrogen (secondary N) is 2. The zero-order valence-electron chi connectivity index (χ0n) is 14.0. The van der Waals surface area contributed by atoms with Crippen LogP contribution in [0.2, 0.25) is 10.0 Å². The Morgan fingerprint density at radius 3 is 2.50 bits per heavy atom. The molecule has 0 saturated carbocycles. The Morgan fingerprint density at radius 2 is 1.89 bits per heavy atom. The highest BCUT2D eigenvalue weighted by Crippen LogP contribution is 2.35. The van der Waals surface area contributed by atoms with E-state index in [0.717, 1.165) is 6.07 Å². The van der Waals surface area contributed by atoms with Crippen molar-refractivity contribution in [2.45, 2.75) is 19.2 Å². The summed E-state index contributed by atoms with van der Waals surface area (Å²) in [5.74, 6) is -0.438. The van der Waals surface area contributed by atoms with E-state index in [2.05, 4.69) is 10.6 Å². The average molecular weight is 563 g/mol. The van der Waals surface area contributed by atoms with Crippen molar-refractivity contribution in [1.29, 1.82) is 0 Å². The first-order valence-corrected chi connectivity index (χ1v) is 9.82. The maximum atomic E-state index is 13.2. The molecule has 1 unspecified atom stereocenters. The van der Waals surface area contributed by atoms with Crippen LogP contribution in [0.3, 0.4) is 0 Å². The molecule has 4 nitrogen and oxygen atoms in total. The number of carbonyl (C=O) groups excluding carboxylic acids is 1. The summed E-state index contributed by atoms with van der Waals surface area (Å²) in [6.45, 7) is 1.44. The number of thiocarbonyl (C=S) groups is 1. The minimum atomic E-state index is -4.58. The number of halogens is 6. The van der Waals surface area contributed by atoms with Crippen LogP contribution in [0.1, 0.15) is 12.5 Å². The predicted molar refractivity (Wildman–Crippen MR) is 115 cm³/mol. The van der Waals surface area contributed by atoms with Crippen LogP contribution < -0.4 is 15.4 Å². The SMILES string of the molecule is CC(Oc1ccc(Cl)cc1Cl)C(=O)NC(=S)Nc1ccc(I)cc1C(F)(F)F. The van der Waals surface area contributed by atoms with Gasteiger partial charge in [-0.05, 0) is 78.1 Å². The molecule has 0 spiro atoms. The zero-order chi connectivity index (χ0) is 21.1. The zero-order valence-corrected chi connectivity index (χ0v) is 18.5. The lowest BCUT2D eigenvalue weighted by molar-refractivity contribution is -0.137. The third kappa shape index (κ3) is 6.36. The first kappa shape index (κ1) is 23.0. The van der Waals surface area contributed by atoms with Gasteiger partial charge in [0.05, 0.1) is 16.3 Å². The Labute approximate surface area is 187 Å². The van der Waals surface area contributed by atoms with Gasteiger partial charge < -0.3 is 10.1 Å². The molecule has 0 fully saturated rings. The van der Waals surface area contributed by atoms with E-state index in [1.807, 2.05) is 0 Å². The van der Waals surface area contributed by atoms with Crippen LogP contribution in [-0.2, 0) is 11.0 Å². The lowest BCUT2D eigenvalue weighted by Gasteiger charge is -2.18. The fraction of sp³-hybridized carbons (Fsp3) is 0.176. The second-order valence-electron chi connectivity index (χ2n) is 5.47. The van der Waals surface area contributed by atoms with E-state index in [9.17, 15) is 18.0 Å². The molecule has 11 heteroatoms. The smallest absolute Gasteiger partial charge is 0.418 e. The van der Waals surface area contributed by atoms with Crippen molar-refractivity contribution in [3.8, 4) is 5.75 Å². The van der Waals surface area contributed by atoms with Crippen LogP contribution in [0.15, 0.2) is 36.4 Å². The van der Waals surface area contributed by atoms with Crippen LogP contribution in [0, 0.1) is 3.57 Å². The summed E-state index contributed by atoms with van der Waals surface area (Å²) >= 11 is 18.5. The summed E-state index contributed by atoms with van der Waals surface area (Å²) in [5, 5.41) is 4.99. The van der Waals surface area contributed by atoms with Crippen LogP contribution in [0.25, 0.3) is 0 Å². The molecule has 1 amide bonds. The van der Waals surface area contributed by atoms with E-state index in [-0.39, 0.29) is 21.6 Å². The van der Waals surface area contributed by atoms with E-state index in [1.165, 1.54) is 37.3 Å². The minimum Gasteiger partial charge on any atom is -0.479 e. The highest BCUT2D eigenvalue weighted by Gasteiger charge is 2.34. The molecule has 0 heterocycles. The van der Waals surface area contributed by atoms with E-state index < -0.39 is 23.8 Å². The third-order valence-corrected chi connectivity index (χ3v) is 4.74. The van der Waals surface area contributed by atoms with Gasteiger partial charge in [0.15, 0.2) is 11.2 Å².